The van der Waals surface area contributed by atoms with E-state index in [9.17, 15) is 19.5 Å². The molecule has 1 aliphatic heterocycles. The van der Waals surface area contributed by atoms with E-state index in [1.165, 1.54) is 11.1 Å². The van der Waals surface area contributed by atoms with Crippen molar-refractivity contribution < 1.29 is 9.90 Å². The summed E-state index contributed by atoms with van der Waals surface area (Å²) >= 11 is 3.34. The molecule has 0 saturated carbocycles. The normalized spacial score (nSPS) is 14.9. The zero-order chi connectivity index (χ0) is 22.3. The molecule has 1 aromatic heterocycles. The lowest BCUT2D eigenvalue weighted by molar-refractivity contribution is -0.114. The Bertz CT molecular complexity index is 1380. The molecule has 8 nitrogen and oxygen atoms in total. The van der Waals surface area contributed by atoms with E-state index in [4.69, 9.17) is 0 Å². The van der Waals surface area contributed by atoms with Gasteiger partial charge in [-0.1, -0.05) is 28.1 Å². The third-order valence-corrected chi connectivity index (χ3v) is 5.33. The lowest BCUT2D eigenvalue weighted by atomic mass is 10.1. The van der Waals surface area contributed by atoms with Gasteiger partial charge in [0.25, 0.3) is 11.5 Å². The SMILES string of the molecule is CC1=NN(c2ccc(Br)cc2)C(=O)C1=Cc1c(O)n(-c2cccc(C)c2)c(=O)[nH]c1=O. The first kappa shape index (κ1) is 20.5. The number of amides is 1. The van der Waals surface area contributed by atoms with E-state index in [0.717, 1.165) is 14.6 Å². The van der Waals surface area contributed by atoms with Crippen LogP contribution < -0.4 is 16.3 Å². The second kappa shape index (κ2) is 7.84. The number of H-pyrrole nitrogens is 1. The number of benzene rings is 2. The topological polar surface area (TPSA) is 108 Å². The van der Waals surface area contributed by atoms with Gasteiger partial charge >= 0.3 is 5.69 Å². The number of aryl methyl sites for hydroxylation is 1. The maximum absolute atomic E-state index is 13.0. The molecule has 0 aliphatic carbocycles. The molecule has 0 fully saturated rings. The summed E-state index contributed by atoms with van der Waals surface area (Å²) in [6, 6.07) is 13.9. The fourth-order valence-electron chi connectivity index (χ4n) is 3.26. The summed E-state index contributed by atoms with van der Waals surface area (Å²) in [5.41, 5.74) is 0.525. The van der Waals surface area contributed by atoms with Gasteiger partial charge < -0.3 is 5.11 Å². The van der Waals surface area contributed by atoms with Crippen molar-refractivity contribution in [1.82, 2.24) is 9.55 Å². The molecule has 1 amide bonds. The van der Waals surface area contributed by atoms with Gasteiger partial charge in [-0.25, -0.2) is 9.36 Å². The fraction of sp³-hybridized carbons (Fsp3) is 0.0909. The number of hydrogen-bond donors (Lipinski definition) is 2. The average molecular weight is 481 g/mol. The molecule has 0 radical (unpaired) electrons. The van der Waals surface area contributed by atoms with Crippen molar-refractivity contribution in [3.8, 4) is 11.6 Å². The molecule has 4 rings (SSSR count). The predicted octanol–water partition coefficient (Wildman–Crippen LogP) is 3.11. The van der Waals surface area contributed by atoms with Crippen LogP contribution in [0, 0.1) is 6.92 Å². The summed E-state index contributed by atoms with van der Waals surface area (Å²) in [5.74, 6) is -1.01. The van der Waals surface area contributed by atoms with Crippen LogP contribution in [0.2, 0.25) is 0 Å². The quantitative estimate of drug-likeness (QED) is 0.561. The van der Waals surface area contributed by atoms with Crippen molar-refractivity contribution in [1.29, 1.82) is 0 Å². The number of aromatic amines is 1. The monoisotopic (exact) mass is 480 g/mol. The number of carbonyl (C=O) groups excluding carboxylic acids is 1. The molecule has 3 aromatic rings. The molecule has 0 unspecified atom stereocenters. The van der Waals surface area contributed by atoms with Crippen LogP contribution in [0.25, 0.3) is 11.8 Å². The zero-order valence-corrected chi connectivity index (χ0v) is 18.2. The second-order valence-corrected chi connectivity index (χ2v) is 7.92. The predicted molar refractivity (Wildman–Crippen MR) is 122 cm³/mol. The largest absolute Gasteiger partial charge is 0.494 e. The Balaban J connectivity index is 1.82. The summed E-state index contributed by atoms with van der Waals surface area (Å²) in [5, 5.41) is 16.3. The van der Waals surface area contributed by atoms with Crippen LogP contribution in [0.3, 0.4) is 0 Å². The van der Waals surface area contributed by atoms with E-state index in [-0.39, 0.29) is 11.1 Å². The number of hydrogen-bond acceptors (Lipinski definition) is 5. The van der Waals surface area contributed by atoms with Crippen molar-refractivity contribution in [2.24, 2.45) is 5.10 Å². The first-order chi connectivity index (χ1) is 14.8. The van der Waals surface area contributed by atoms with Gasteiger partial charge in [-0.05, 0) is 61.9 Å². The molecule has 0 bridgehead atoms. The molecule has 31 heavy (non-hydrogen) atoms. The Morgan fingerprint density at radius 2 is 1.74 bits per heavy atom. The van der Waals surface area contributed by atoms with Gasteiger partial charge in [0, 0.05) is 4.47 Å². The van der Waals surface area contributed by atoms with E-state index >= 15 is 0 Å². The van der Waals surface area contributed by atoms with Crippen LogP contribution in [0.5, 0.6) is 5.88 Å². The number of nitrogens with zero attached hydrogens (tertiary/aromatic N) is 3. The molecule has 2 heterocycles. The standard InChI is InChI=1S/C22H17BrN4O4/c1-12-4-3-5-16(10-12)26-20(29)18(19(28)24-22(26)31)11-17-13(2)25-27(21(17)30)15-8-6-14(23)7-9-15/h3-11,29H,1-2H3,(H,24,28,31). The highest BCUT2D eigenvalue weighted by molar-refractivity contribution is 9.10. The molecule has 1 aliphatic rings. The maximum Gasteiger partial charge on any atom is 0.335 e. The van der Waals surface area contributed by atoms with Gasteiger partial charge in [-0.15, -0.1) is 0 Å². The zero-order valence-electron chi connectivity index (χ0n) is 16.6. The van der Waals surface area contributed by atoms with Crippen LogP contribution in [-0.2, 0) is 4.79 Å². The Labute approximate surface area is 184 Å². The van der Waals surface area contributed by atoms with Crippen molar-refractivity contribution >= 4 is 39.3 Å². The third-order valence-electron chi connectivity index (χ3n) is 4.80. The minimum absolute atomic E-state index is 0.137. The number of hydrazone groups is 1. The fourth-order valence-corrected chi connectivity index (χ4v) is 3.53. The lowest BCUT2D eigenvalue weighted by Crippen LogP contribution is -2.30. The smallest absolute Gasteiger partial charge is 0.335 e. The number of nitrogens with one attached hydrogen (secondary N) is 1. The van der Waals surface area contributed by atoms with Gasteiger partial charge in [-0.2, -0.15) is 10.1 Å². The molecule has 9 heteroatoms. The molecule has 0 saturated heterocycles. The first-order valence-electron chi connectivity index (χ1n) is 9.29. The van der Waals surface area contributed by atoms with Crippen molar-refractivity contribution in [3.63, 3.8) is 0 Å². The highest BCUT2D eigenvalue weighted by Crippen LogP contribution is 2.27. The van der Waals surface area contributed by atoms with Gasteiger partial charge in [0.05, 0.1) is 22.7 Å². The van der Waals surface area contributed by atoms with Crippen LogP contribution in [0.15, 0.2) is 73.3 Å². The van der Waals surface area contributed by atoms with Gasteiger partial charge in [0.1, 0.15) is 5.56 Å². The number of aromatic nitrogens is 2. The summed E-state index contributed by atoms with van der Waals surface area (Å²) in [6.07, 6.45) is 1.25. The Kier molecular flexibility index (Phi) is 5.20. The third kappa shape index (κ3) is 3.75. The van der Waals surface area contributed by atoms with E-state index in [1.54, 1.807) is 49.4 Å². The lowest BCUT2D eigenvalue weighted by Gasteiger charge is -2.12. The van der Waals surface area contributed by atoms with Crippen LogP contribution in [-0.4, -0.2) is 26.3 Å². The Morgan fingerprint density at radius 3 is 2.42 bits per heavy atom. The van der Waals surface area contributed by atoms with Crippen LogP contribution >= 0.6 is 15.9 Å². The number of rotatable bonds is 3. The summed E-state index contributed by atoms with van der Waals surface area (Å²) in [6.45, 7) is 3.47. The van der Waals surface area contributed by atoms with E-state index in [1.807, 2.05) is 13.0 Å². The second-order valence-electron chi connectivity index (χ2n) is 7.01. The molecular weight excluding hydrogens is 464 g/mol. The number of anilines is 1. The summed E-state index contributed by atoms with van der Waals surface area (Å²) in [4.78, 5) is 40.0. The molecular formula is C22H17BrN4O4. The number of halogens is 1. The maximum atomic E-state index is 13.0. The average Bonchev–Trinajstić information content (AvgIpc) is 2.99. The Morgan fingerprint density at radius 1 is 1.03 bits per heavy atom. The molecule has 2 aromatic carbocycles. The van der Waals surface area contributed by atoms with Gasteiger partial charge in [-0.3, -0.25) is 14.6 Å². The van der Waals surface area contributed by atoms with Gasteiger partial charge in [0.15, 0.2) is 0 Å². The molecule has 2 N–H and O–H groups in total. The minimum Gasteiger partial charge on any atom is -0.494 e. The van der Waals surface area contributed by atoms with E-state index in [2.05, 4.69) is 26.0 Å². The summed E-state index contributed by atoms with van der Waals surface area (Å²) in [7, 11) is 0. The van der Waals surface area contributed by atoms with Crippen molar-refractivity contribution in [2.75, 3.05) is 5.01 Å². The Hall–Kier alpha value is -3.72. The number of aromatic hydroxyl groups is 1. The van der Waals surface area contributed by atoms with Crippen molar-refractivity contribution in [2.45, 2.75) is 13.8 Å². The van der Waals surface area contributed by atoms with Crippen LogP contribution in [0.4, 0.5) is 5.69 Å². The van der Waals surface area contributed by atoms with E-state index in [0.29, 0.717) is 17.1 Å². The van der Waals surface area contributed by atoms with Gasteiger partial charge in [0.2, 0.25) is 5.88 Å². The van der Waals surface area contributed by atoms with Crippen LogP contribution in [0.1, 0.15) is 18.1 Å². The molecule has 0 atom stereocenters. The van der Waals surface area contributed by atoms with E-state index < -0.39 is 23.0 Å². The highest BCUT2D eigenvalue weighted by atomic mass is 79.9. The van der Waals surface area contributed by atoms with Crippen molar-refractivity contribution in [3.05, 3.63) is 90.5 Å². The first-order valence-corrected chi connectivity index (χ1v) is 10.1. The molecule has 156 valence electrons. The number of carbonyl (C=O) groups is 1. The molecule has 0 spiro atoms. The highest BCUT2D eigenvalue weighted by Gasteiger charge is 2.29. The summed E-state index contributed by atoms with van der Waals surface area (Å²) < 4.78 is 1.84. The minimum atomic E-state index is -0.804.